The summed E-state index contributed by atoms with van der Waals surface area (Å²) in [4.78, 5) is 34.7. The first-order chi connectivity index (χ1) is 10.4. The van der Waals surface area contributed by atoms with Crippen molar-refractivity contribution < 1.29 is 19.1 Å². The van der Waals surface area contributed by atoms with E-state index in [0.29, 0.717) is 11.3 Å². The number of amides is 1. The fourth-order valence-electron chi connectivity index (χ4n) is 1.57. The highest BCUT2D eigenvalue weighted by atomic mass is 16.5. The summed E-state index contributed by atoms with van der Waals surface area (Å²) in [6, 6.07) is 6.56. The molecule has 1 atom stereocenters. The number of Topliss-reactive ketones (excluding diaryl/α,β-unsaturated/α-hetero) is 1. The van der Waals surface area contributed by atoms with Crippen LogP contribution in [-0.4, -0.2) is 23.8 Å². The molecule has 1 aromatic carbocycles. The quantitative estimate of drug-likeness (QED) is 0.379. The molecule has 0 heterocycles. The maximum absolute atomic E-state index is 11.9. The predicted octanol–water partition coefficient (Wildman–Crippen LogP) is 2.89. The molecular weight excluding hydrogens is 282 g/mol. The lowest BCUT2D eigenvalue weighted by Gasteiger charge is -2.12. The number of esters is 1. The third kappa shape index (κ3) is 5.75. The van der Waals surface area contributed by atoms with Gasteiger partial charge in [-0.25, -0.2) is 4.79 Å². The Morgan fingerprint density at radius 3 is 2.59 bits per heavy atom. The summed E-state index contributed by atoms with van der Waals surface area (Å²) in [6.07, 6.45) is 5.27. The summed E-state index contributed by atoms with van der Waals surface area (Å²) < 4.78 is 4.97. The van der Waals surface area contributed by atoms with Gasteiger partial charge in [-0.1, -0.05) is 30.4 Å². The van der Waals surface area contributed by atoms with E-state index in [0.717, 1.165) is 0 Å². The fourth-order valence-corrected chi connectivity index (χ4v) is 1.57. The molecule has 0 aromatic heterocycles. The van der Waals surface area contributed by atoms with Crippen LogP contribution in [0.15, 0.2) is 48.6 Å². The van der Waals surface area contributed by atoms with E-state index in [2.05, 4.69) is 5.32 Å². The number of hydrogen-bond donors (Lipinski definition) is 1. The molecule has 116 valence electrons. The average molecular weight is 301 g/mol. The second-order valence-corrected chi connectivity index (χ2v) is 4.59. The first-order valence-electron chi connectivity index (χ1n) is 6.86. The monoisotopic (exact) mass is 301 g/mol. The lowest BCUT2D eigenvalue weighted by atomic mass is 10.1. The molecule has 0 aliphatic carbocycles. The Morgan fingerprint density at radius 1 is 1.23 bits per heavy atom. The van der Waals surface area contributed by atoms with E-state index in [-0.39, 0.29) is 5.78 Å². The molecule has 0 unspecified atom stereocenters. The number of rotatable bonds is 6. The largest absolute Gasteiger partial charge is 0.449 e. The van der Waals surface area contributed by atoms with Crippen molar-refractivity contribution in [2.45, 2.75) is 26.9 Å². The molecule has 0 aliphatic heterocycles. The van der Waals surface area contributed by atoms with Crippen molar-refractivity contribution in [1.29, 1.82) is 0 Å². The lowest BCUT2D eigenvalue weighted by Crippen LogP contribution is -2.29. The minimum Gasteiger partial charge on any atom is -0.449 e. The Hall–Kier alpha value is -2.69. The van der Waals surface area contributed by atoms with E-state index < -0.39 is 18.0 Å². The van der Waals surface area contributed by atoms with E-state index in [1.807, 2.05) is 6.92 Å². The second kappa shape index (κ2) is 8.56. The fraction of sp³-hybridized carbons (Fsp3) is 0.235. The highest BCUT2D eigenvalue weighted by molar-refractivity contribution is 5.98. The van der Waals surface area contributed by atoms with Crippen LogP contribution in [0.25, 0.3) is 0 Å². The third-order valence-corrected chi connectivity index (χ3v) is 2.73. The van der Waals surface area contributed by atoms with Crippen LogP contribution >= 0.6 is 0 Å². The zero-order valence-electron chi connectivity index (χ0n) is 12.8. The van der Waals surface area contributed by atoms with Gasteiger partial charge in [0, 0.05) is 17.3 Å². The number of ketones is 1. The minimum absolute atomic E-state index is 0.0929. The Kier molecular flexibility index (Phi) is 6.76. The third-order valence-electron chi connectivity index (χ3n) is 2.73. The number of allylic oxidation sites excluding steroid dienone is 3. The van der Waals surface area contributed by atoms with E-state index in [9.17, 15) is 14.4 Å². The predicted molar refractivity (Wildman–Crippen MR) is 84.6 cm³/mol. The van der Waals surface area contributed by atoms with Gasteiger partial charge >= 0.3 is 5.97 Å². The number of hydrogen-bond acceptors (Lipinski definition) is 4. The van der Waals surface area contributed by atoms with Crippen LogP contribution in [0.5, 0.6) is 0 Å². The minimum atomic E-state index is -0.941. The van der Waals surface area contributed by atoms with Crippen LogP contribution < -0.4 is 5.32 Å². The molecular formula is C17H19NO4. The first-order valence-corrected chi connectivity index (χ1v) is 6.86. The van der Waals surface area contributed by atoms with Crippen LogP contribution in [0, 0.1) is 0 Å². The van der Waals surface area contributed by atoms with Gasteiger partial charge in [-0.05, 0) is 32.9 Å². The number of anilines is 1. The first kappa shape index (κ1) is 17.4. The van der Waals surface area contributed by atoms with Gasteiger partial charge < -0.3 is 10.1 Å². The molecule has 5 nitrogen and oxygen atoms in total. The average Bonchev–Trinajstić information content (AvgIpc) is 2.47. The molecule has 1 rings (SSSR count). The smallest absolute Gasteiger partial charge is 0.331 e. The van der Waals surface area contributed by atoms with Crippen molar-refractivity contribution in [1.82, 2.24) is 0 Å². The normalized spacial score (nSPS) is 12.3. The Balaban J connectivity index is 2.62. The molecule has 0 saturated carbocycles. The highest BCUT2D eigenvalue weighted by Gasteiger charge is 2.16. The van der Waals surface area contributed by atoms with Gasteiger partial charge in [-0.2, -0.15) is 0 Å². The van der Waals surface area contributed by atoms with Gasteiger partial charge in [-0.15, -0.1) is 0 Å². The molecule has 0 saturated heterocycles. The van der Waals surface area contributed by atoms with Crippen LogP contribution in [0.1, 0.15) is 31.1 Å². The van der Waals surface area contributed by atoms with Crippen molar-refractivity contribution in [2.24, 2.45) is 0 Å². The van der Waals surface area contributed by atoms with Crippen LogP contribution in [0.4, 0.5) is 5.69 Å². The highest BCUT2D eigenvalue weighted by Crippen LogP contribution is 2.12. The maximum atomic E-state index is 11.9. The van der Waals surface area contributed by atoms with E-state index in [1.165, 1.54) is 26.0 Å². The zero-order chi connectivity index (χ0) is 16.5. The number of carbonyl (C=O) groups excluding carboxylic acids is 3. The second-order valence-electron chi connectivity index (χ2n) is 4.59. The molecule has 0 spiro atoms. The molecule has 1 N–H and O–H groups in total. The van der Waals surface area contributed by atoms with Crippen molar-refractivity contribution in [3.8, 4) is 0 Å². The number of benzene rings is 1. The molecule has 22 heavy (non-hydrogen) atoms. The van der Waals surface area contributed by atoms with E-state index in [1.54, 1.807) is 36.4 Å². The van der Waals surface area contributed by atoms with Gasteiger partial charge in [0.1, 0.15) is 0 Å². The standard InChI is InChI=1S/C17H19NO4/c1-4-5-6-10-16(20)22-13(3)17(21)18-15-9-7-8-14(11-15)12(2)19/h4-11,13H,1-3H3,(H,18,21)/b5-4+,10-6+/t13-/m1/s1. The molecule has 0 radical (unpaired) electrons. The molecule has 1 amide bonds. The van der Waals surface area contributed by atoms with Crippen molar-refractivity contribution in [3.05, 3.63) is 54.1 Å². The van der Waals surface area contributed by atoms with Crippen LogP contribution in [-0.2, 0) is 14.3 Å². The summed E-state index contributed by atoms with van der Waals surface area (Å²) in [6.45, 7) is 4.74. The summed E-state index contributed by atoms with van der Waals surface area (Å²) in [7, 11) is 0. The SMILES string of the molecule is C/C=C/C=C/C(=O)O[C@H](C)C(=O)Nc1cccc(C(C)=O)c1. The van der Waals surface area contributed by atoms with Crippen molar-refractivity contribution in [2.75, 3.05) is 5.32 Å². The van der Waals surface area contributed by atoms with E-state index in [4.69, 9.17) is 4.74 Å². The number of ether oxygens (including phenoxy) is 1. The summed E-state index contributed by atoms with van der Waals surface area (Å²) in [5.41, 5.74) is 0.974. The van der Waals surface area contributed by atoms with Crippen LogP contribution in [0.2, 0.25) is 0 Å². The van der Waals surface area contributed by atoms with Gasteiger partial charge in [0.25, 0.3) is 5.91 Å². The molecule has 1 aromatic rings. The van der Waals surface area contributed by atoms with Crippen molar-refractivity contribution in [3.63, 3.8) is 0 Å². The summed E-state index contributed by atoms with van der Waals surface area (Å²) in [5.74, 6) is -1.16. The number of carbonyl (C=O) groups is 3. The molecule has 5 heteroatoms. The lowest BCUT2D eigenvalue weighted by molar-refractivity contribution is -0.148. The molecule has 0 aliphatic rings. The zero-order valence-corrected chi connectivity index (χ0v) is 12.8. The van der Waals surface area contributed by atoms with Gasteiger partial charge in [0.2, 0.25) is 0 Å². The Bertz CT molecular complexity index is 617. The molecule has 0 bridgehead atoms. The Morgan fingerprint density at radius 2 is 1.95 bits per heavy atom. The number of nitrogens with one attached hydrogen (secondary N) is 1. The topological polar surface area (TPSA) is 72.5 Å². The van der Waals surface area contributed by atoms with Crippen LogP contribution in [0.3, 0.4) is 0 Å². The summed E-state index contributed by atoms with van der Waals surface area (Å²) in [5, 5.41) is 2.60. The van der Waals surface area contributed by atoms with E-state index >= 15 is 0 Å². The van der Waals surface area contributed by atoms with Gasteiger partial charge in [0.15, 0.2) is 11.9 Å². The van der Waals surface area contributed by atoms with Gasteiger partial charge in [0.05, 0.1) is 0 Å². The maximum Gasteiger partial charge on any atom is 0.331 e. The Labute approximate surface area is 129 Å². The van der Waals surface area contributed by atoms with Crippen molar-refractivity contribution >= 4 is 23.3 Å². The van der Waals surface area contributed by atoms with Gasteiger partial charge in [-0.3, -0.25) is 9.59 Å². The molecule has 0 fully saturated rings. The summed E-state index contributed by atoms with van der Waals surface area (Å²) >= 11 is 0.